The van der Waals surface area contributed by atoms with Gasteiger partial charge in [-0.3, -0.25) is 4.79 Å². The van der Waals surface area contributed by atoms with E-state index in [-0.39, 0.29) is 11.8 Å². The highest BCUT2D eigenvalue weighted by Crippen LogP contribution is 2.21. The fourth-order valence-electron chi connectivity index (χ4n) is 2.59. The van der Waals surface area contributed by atoms with Crippen molar-refractivity contribution in [3.05, 3.63) is 0 Å². The quantitative estimate of drug-likeness (QED) is 0.677. The van der Waals surface area contributed by atoms with Crippen molar-refractivity contribution in [1.29, 1.82) is 0 Å². The van der Waals surface area contributed by atoms with Gasteiger partial charge in [0.15, 0.2) is 0 Å². The molecule has 0 radical (unpaired) electrons. The van der Waals surface area contributed by atoms with Crippen LogP contribution in [-0.2, 0) is 15.0 Å². The number of hydrogen-bond donors (Lipinski definition) is 2. The maximum atomic E-state index is 12.5. The molecule has 2 aliphatic heterocycles. The van der Waals surface area contributed by atoms with Crippen LogP contribution in [0, 0.1) is 5.92 Å². The molecule has 0 saturated carbocycles. The van der Waals surface area contributed by atoms with E-state index in [1.54, 1.807) is 0 Å². The third kappa shape index (κ3) is 3.44. The summed E-state index contributed by atoms with van der Waals surface area (Å²) in [6.07, 6.45) is 1.89. The summed E-state index contributed by atoms with van der Waals surface area (Å²) in [6, 6.07) is 0. The number of carbonyl (C=O) groups excluding carboxylic acids is 1. The Bertz CT molecular complexity index is 410. The zero-order valence-electron chi connectivity index (χ0n) is 11.0. The van der Waals surface area contributed by atoms with E-state index < -0.39 is 10.2 Å². The van der Waals surface area contributed by atoms with Gasteiger partial charge >= 0.3 is 0 Å². The molecular formula is C11H22N4O3S. The first-order valence-corrected chi connectivity index (χ1v) is 8.17. The maximum Gasteiger partial charge on any atom is 0.282 e. The van der Waals surface area contributed by atoms with Crippen molar-refractivity contribution in [1.82, 2.24) is 13.9 Å². The lowest BCUT2D eigenvalue weighted by atomic mass is 9.98. The van der Waals surface area contributed by atoms with Crippen molar-refractivity contribution in [2.75, 3.05) is 39.3 Å². The van der Waals surface area contributed by atoms with Gasteiger partial charge in [0.25, 0.3) is 10.2 Å². The van der Waals surface area contributed by atoms with E-state index in [0.29, 0.717) is 45.6 Å². The van der Waals surface area contributed by atoms with Gasteiger partial charge in [-0.2, -0.15) is 17.0 Å². The lowest BCUT2D eigenvalue weighted by Gasteiger charge is -2.33. The minimum atomic E-state index is -3.38. The summed E-state index contributed by atoms with van der Waals surface area (Å²) in [5.74, 6) is -0.506. The summed E-state index contributed by atoms with van der Waals surface area (Å²) in [6.45, 7) is 3.40. The van der Waals surface area contributed by atoms with Crippen molar-refractivity contribution in [2.24, 2.45) is 11.7 Å². The second-order valence-electron chi connectivity index (χ2n) is 5.09. The standard InChI is InChI=1S/C11H22N4O3S/c12-11(16)10-2-7-15(8-3-10)19(17,18)14-6-1-4-13-5-9-14/h10,13H,1-9H2,(H2,12,16). The van der Waals surface area contributed by atoms with Gasteiger partial charge in [0.2, 0.25) is 5.91 Å². The van der Waals surface area contributed by atoms with Crippen LogP contribution in [-0.4, -0.2) is 62.2 Å². The first kappa shape index (κ1) is 14.7. The third-order valence-corrected chi connectivity index (χ3v) is 5.84. The average molecular weight is 290 g/mol. The second-order valence-corrected chi connectivity index (χ2v) is 7.01. The number of primary amides is 1. The Morgan fingerprint density at radius 3 is 2.32 bits per heavy atom. The molecule has 19 heavy (non-hydrogen) atoms. The van der Waals surface area contributed by atoms with Crippen LogP contribution in [0.25, 0.3) is 0 Å². The average Bonchev–Trinajstić information content (AvgIpc) is 2.68. The number of rotatable bonds is 3. The first-order chi connectivity index (χ1) is 9.01. The molecule has 1 amide bonds. The molecule has 0 aromatic rings. The van der Waals surface area contributed by atoms with Crippen LogP contribution < -0.4 is 11.1 Å². The Labute approximate surface area is 114 Å². The van der Waals surface area contributed by atoms with Crippen LogP contribution >= 0.6 is 0 Å². The van der Waals surface area contributed by atoms with Gasteiger partial charge in [0.1, 0.15) is 0 Å². The Hall–Kier alpha value is -0.700. The highest BCUT2D eigenvalue weighted by molar-refractivity contribution is 7.86. The van der Waals surface area contributed by atoms with E-state index in [9.17, 15) is 13.2 Å². The first-order valence-electron chi connectivity index (χ1n) is 6.77. The summed E-state index contributed by atoms with van der Waals surface area (Å²) < 4.78 is 28.0. The zero-order chi connectivity index (χ0) is 13.9. The molecule has 0 aliphatic carbocycles. The molecule has 0 aromatic carbocycles. The summed E-state index contributed by atoms with van der Waals surface area (Å²) in [5.41, 5.74) is 5.26. The SMILES string of the molecule is NC(=O)C1CCN(S(=O)(=O)N2CCCNCC2)CC1. The van der Waals surface area contributed by atoms with Crippen LogP contribution in [0.15, 0.2) is 0 Å². The molecule has 0 aromatic heterocycles. The maximum absolute atomic E-state index is 12.5. The molecule has 2 fully saturated rings. The van der Waals surface area contributed by atoms with Gasteiger partial charge in [-0.25, -0.2) is 0 Å². The molecule has 0 atom stereocenters. The fourth-order valence-corrected chi connectivity index (χ4v) is 4.27. The highest BCUT2D eigenvalue weighted by atomic mass is 32.2. The fraction of sp³-hybridized carbons (Fsp3) is 0.909. The predicted molar refractivity (Wildman–Crippen MR) is 71.5 cm³/mol. The van der Waals surface area contributed by atoms with E-state index in [2.05, 4.69) is 5.32 Å². The summed E-state index contributed by atoms with van der Waals surface area (Å²) in [7, 11) is -3.38. The van der Waals surface area contributed by atoms with Gasteiger partial charge in [0.05, 0.1) is 0 Å². The third-order valence-electron chi connectivity index (χ3n) is 3.81. The van der Waals surface area contributed by atoms with Crippen LogP contribution in [0.4, 0.5) is 0 Å². The summed E-state index contributed by atoms with van der Waals surface area (Å²) in [5, 5.41) is 3.19. The Balaban J connectivity index is 1.98. The van der Waals surface area contributed by atoms with Crippen LogP contribution in [0.5, 0.6) is 0 Å². The van der Waals surface area contributed by atoms with Crippen molar-refractivity contribution in [2.45, 2.75) is 19.3 Å². The van der Waals surface area contributed by atoms with Gasteiger partial charge < -0.3 is 11.1 Å². The van der Waals surface area contributed by atoms with Crippen LogP contribution in [0.3, 0.4) is 0 Å². The van der Waals surface area contributed by atoms with Crippen LogP contribution in [0.1, 0.15) is 19.3 Å². The topological polar surface area (TPSA) is 95.7 Å². The molecule has 8 heteroatoms. The molecule has 2 aliphatic rings. The van der Waals surface area contributed by atoms with E-state index in [1.807, 2.05) is 0 Å². The van der Waals surface area contributed by atoms with E-state index in [4.69, 9.17) is 5.73 Å². The summed E-state index contributed by atoms with van der Waals surface area (Å²) in [4.78, 5) is 11.1. The van der Waals surface area contributed by atoms with E-state index in [1.165, 1.54) is 8.61 Å². The number of piperidine rings is 1. The molecular weight excluding hydrogens is 268 g/mol. The predicted octanol–water partition coefficient (Wildman–Crippen LogP) is -1.28. The minimum absolute atomic E-state index is 0.183. The summed E-state index contributed by atoms with van der Waals surface area (Å²) >= 11 is 0. The number of amides is 1. The molecule has 3 N–H and O–H groups in total. The normalized spacial score (nSPS) is 25.1. The van der Waals surface area contributed by atoms with Gasteiger partial charge in [-0.15, -0.1) is 0 Å². The molecule has 2 saturated heterocycles. The Morgan fingerprint density at radius 1 is 1.05 bits per heavy atom. The Morgan fingerprint density at radius 2 is 1.68 bits per heavy atom. The van der Waals surface area contributed by atoms with Crippen LogP contribution in [0.2, 0.25) is 0 Å². The molecule has 2 rings (SSSR count). The zero-order valence-corrected chi connectivity index (χ0v) is 11.9. The number of nitrogens with two attached hydrogens (primary N) is 1. The number of carbonyl (C=O) groups is 1. The minimum Gasteiger partial charge on any atom is -0.369 e. The van der Waals surface area contributed by atoms with Crippen molar-refractivity contribution in [3.8, 4) is 0 Å². The van der Waals surface area contributed by atoms with Gasteiger partial charge in [0, 0.05) is 38.6 Å². The second kappa shape index (κ2) is 6.17. The number of nitrogens with zero attached hydrogens (tertiary/aromatic N) is 2. The monoisotopic (exact) mass is 290 g/mol. The number of nitrogens with one attached hydrogen (secondary N) is 1. The lowest BCUT2D eigenvalue weighted by molar-refractivity contribution is -0.122. The van der Waals surface area contributed by atoms with Crippen molar-refractivity contribution < 1.29 is 13.2 Å². The molecule has 7 nitrogen and oxygen atoms in total. The van der Waals surface area contributed by atoms with E-state index in [0.717, 1.165) is 13.0 Å². The van der Waals surface area contributed by atoms with Crippen molar-refractivity contribution >= 4 is 16.1 Å². The molecule has 0 spiro atoms. The van der Waals surface area contributed by atoms with Gasteiger partial charge in [-0.1, -0.05) is 0 Å². The largest absolute Gasteiger partial charge is 0.369 e. The van der Waals surface area contributed by atoms with Gasteiger partial charge in [-0.05, 0) is 25.8 Å². The highest BCUT2D eigenvalue weighted by Gasteiger charge is 2.34. The molecule has 0 unspecified atom stereocenters. The van der Waals surface area contributed by atoms with E-state index >= 15 is 0 Å². The molecule has 110 valence electrons. The smallest absolute Gasteiger partial charge is 0.282 e. The molecule has 2 heterocycles. The number of hydrogen-bond acceptors (Lipinski definition) is 4. The van der Waals surface area contributed by atoms with Crippen molar-refractivity contribution in [3.63, 3.8) is 0 Å². The lowest BCUT2D eigenvalue weighted by Crippen LogP contribution is -2.49. The molecule has 0 bridgehead atoms. The Kier molecular flexibility index (Phi) is 4.77.